The summed E-state index contributed by atoms with van der Waals surface area (Å²) >= 11 is 12.6. The van der Waals surface area contributed by atoms with Gasteiger partial charge in [-0.05, 0) is 42.8 Å². The molecule has 0 aliphatic carbocycles. The third-order valence-electron chi connectivity index (χ3n) is 4.91. The second-order valence-electron chi connectivity index (χ2n) is 7.19. The quantitative estimate of drug-likeness (QED) is 0.360. The number of nitrogens with two attached hydrogens (primary N) is 1. The predicted molar refractivity (Wildman–Crippen MR) is 126 cm³/mol. The van der Waals surface area contributed by atoms with Gasteiger partial charge in [-0.3, -0.25) is 4.79 Å². The van der Waals surface area contributed by atoms with E-state index in [-0.39, 0.29) is 35.3 Å². The van der Waals surface area contributed by atoms with Crippen molar-refractivity contribution in [2.75, 3.05) is 16.4 Å². The first kappa shape index (κ1) is 25.3. The first-order valence-corrected chi connectivity index (χ1v) is 10.6. The maximum Gasteiger partial charge on any atom is 0.261 e. The van der Waals surface area contributed by atoms with Crippen molar-refractivity contribution in [2.45, 2.75) is 13.5 Å². The number of pyridine rings is 1. The van der Waals surface area contributed by atoms with E-state index in [0.717, 1.165) is 5.56 Å². The number of hydrogen-bond donors (Lipinski definition) is 3. The van der Waals surface area contributed by atoms with Gasteiger partial charge < -0.3 is 33.3 Å². The average Bonchev–Trinajstić information content (AvgIpc) is 3.16. The molecule has 0 bridgehead atoms. The molecule has 176 valence electrons. The van der Waals surface area contributed by atoms with E-state index < -0.39 is 5.91 Å². The highest BCUT2D eigenvalue weighted by Crippen LogP contribution is 2.37. The maximum absolute atomic E-state index is 13.1. The minimum atomic E-state index is -0.480. The number of nitrogens with one attached hydrogen (secondary N) is 3. The smallest absolute Gasteiger partial charge is 0.261 e. The molecule has 34 heavy (non-hydrogen) atoms. The van der Waals surface area contributed by atoms with Gasteiger partial charge in [0.15, 0.2) is 0 Å². The van der Waals surface area contributed by atoms with Gasteiger partial charge >= 0.3 is 0 Å². The van der Waals surface area contributed by atoms with Crippen LogP contribution >= 0.6 is 23.2 Å². The molecule has 4 aromatic rings. The van der Waals surface area contributed by atoms with Crippen molar-refractivity contribution >= 4 is 46.4 Å². The molecule has 0 unspecified atom stereocenters. The Kier molecular flexibility index (Phi) is 7.98. The molecule has 7 nitrogen and oxygen atoms in total. The van der Waals surface area contributed by atoms with Gasteiger partial charge in [-0.15, -0.1) is 0 Å². The molecule has 0 fully saturated rings. The van der Waals surface area contributed by atoms with E-state index in [1.165, 1.54) is 12.1 Å². The summed E-state index contributed by atoms with van der Waals surface area (Å²) in [7, 11) is 0. The number of aromatic nitrogens is 2. The Hall–Kier alpha value is -3.33. The van der Waals surface area contributed by atoms with Crippen molar-refractivity contribution in [3.8, 4) is 11.3 Å². The molecular weight excluding hydrogens is 504 g/mol. The van der Waals surface area contributed by atoms with Gasteiger partial charge in [0, 0.05) is 11.6 Å². The molecule has 5 N–H and O–H groups in total. The SMILES string of the molecule is Cc1onc(-c2c(Cl)cccc2Cl)c1C(=O)Nc1ccc(NCc2ccc(F)cc2)[nH+]c1N.[Cl-]. The van der Waals surface area contributed by atoms with Crippen LogP contribution in [0.2, 0.25) is 10.0 Å². The monoisotopic (exact) mass is 521 g/mol. The molecule has 0 atom stereocenters. The van der Waals surface area contributed by atoms with Crippen LogP contribution in [-0.2, 0) is 6.54 Å². The lowest BCUT2D eigenvalue weighted by Gasteiger charge is -2.09. The molecule has 0 aliphatic rings. The molecular formula is C23H19Cl3FN5O2. The summed E-state index contributed by atoms with van der Waals surface area (Å²) in [6.07, 6.45) is 0. The Labute approximate surface area is 210 Å². The third kappa shape index (κ3) is 5.41. The van der Waals surface area contributed by atoms with Crippen molar-refractivity contribution in [1.82, 2.24) is 5.16 Å². The van der Waals surface area contributed by atoms with E-state index in [0.29, 0.717) is 39.4 Å². The molecule has 0 saturated carbocycles. The lowest BCUT2D eigenvalue weighted by atomic mass is 10.1. The Morgan fingerprint density at radius 2 is 1.79 bits per heavy atom. The van der Waals surface area contributed by atoms with Crippen molar-refractivity contribution in [2.24, 2.45) is 0 Å². The number of benzene rings is 2. The van der Waals surface area contributed by atoms with Crippen LogP contribution < -0.4 is 33.8 Å². The summed E-state index contributed by atoms with van der Waals surface area (Å²) in [5, 5.41) is 10.6. The zero-order valence-electron chi connectivity index (χ0n) is 17.8. The van der Waals surface area contributed by atoms with E-state index in [1.54, 1.807) is 49.4 Å². The number of aromatic amines is 1. The van der Waals surface area contributed by atoms with Gasteiger partial charge in [-0.1, -0.05) is 46.6 Å². The number of hydrogen-bond acceptors (Lipinski definition) is 5. The van der Waals surface area contributed by atoms with Crippen LogP contribution in [0.3, 0.4) is 0 Å². The minimum absolute atomic E-state index is 0. The number of nitrogen functional groups attached to an aromatic ring is 1. The van der Waals surface area contributed by atoms with Gasteiger partial charge in [0.25, 0.3) is 5.91 Å². The molecule has 2 aromatic carbocycles. The van der Waals surface area contributed by atoms with Crippen LogP contribution in [0.1, 0.15) is 21.7 Å². The Morgan fingerprint density at radius 1 is 1.12 bits per heavy atom. The number of carbonyl (C=O) groups is 1. The highest BCUT2D eigenvalue weighted by atomic mass is 35.5. The standard InChI is InChI=1S/C23H18Cl2FN5O2.ClH/c1-12-19(21(31-33-12)20-15(24)3-2-4-16(20)25)23(32)29-17-9-10-18(30-22(17)27)28-11-13-5-7-14(26)8-6-13;/h2-10H,11H2,1H3,(H,29,32)(H3,27,28,30);1H. The van der Waals surface area contributed by atoms with Crippen molar-refractivity contribution in [1.29, 1.82) is 0 Å². The second kappa shape index (κ2) is 10.7. The summed E-state index contributed by atoms with van der Waals surface area (Å²) < 4.78 is 18.3. The molecule has 0 radical (unpaired) electrons. The largest absolute Gasteiger partial charge is 1.00 e. The number of carbonyl (C=O) groups excluding carboxylic acids is 1. The van der Waals surface area contributed by atoms with Crippen molar-refractivity contribution in [3.05, 3.63) is 87.3 Å². The number of aryl methyl sites for hydroxylation is 1. The van der Waals surface area contributed by atoms with Crippen molar-refractivity contribution in [3.63, 3.8) is 0 Å². The van der Waals surface area contributed by atoms with Crippen LogP contribution in [0.25, 0.3) is 11.3 Å². The van der Waals surface area contributed by atoms with E-state index >= 15 is 0 Å². The summed E-state index contributed by atoms with van der Waals surface area (Å²) in [5.41, 5.74) is 8.21. The number of H-pyrrole nitrogens is 1. The molecule has 2 aromatic heterocycles. The summed E-state index contributed by atoms with van der Waals surface area (Å²) in [4.78, 5) is 16.1. The molecule has 11 heteroatoms. The molecule has 0 saturated heterocycles. The number of amides is 1. The van der Waals surface area contributed by atoms with Crippen LogP contribution in [0.15, 0.2) is 59.1 Å². The number of rotatable bonds is 6. The van der Waals surface area contributed by atoms with E-state index in [9.17, 15) is 9.18 Å². The second-order valence-corrected chi connectivity index (χ2v) is 8.01. The van der Waals surface area contributed by atoms with Crippen molar-refractivity contribution < 1.29 is 31.1 Å². The normalized spacial score (nSPS) is 10.5. The van der Waals surface area contributed by atoms with Crippen LogP contribution in [0.5, 0.6) is 0 Å². The molecule has 4 rings (SSSR count). The number of nitrogens with zero attached hydrogens (tertiary/aromatic N) is 1. The summed E-state index contributed by atoms with van der Waals surface area (Å²) in [6.45, 7) is 2.08. The highest BCUT2D eigenvalue weighted by molar-refractivity contribution is 6.39. The maximum atomic E-state index is 13.1. The topological polar surface area (TPSA) is 107 Å². The first-order chi connectivity index (χ1) is 15.8. The zero-order valence-corrected chi connectivity index (χ0v) is 20.0. The van der Waals surface area contributed by atoms with E-state index in [1.807, 2.05) is 0 Å². The lowest BCUT2D eigenvalue weighted by molar-refractivity contribution is -0.342. The summed E-state index contributed by atoms with van der Waals surface area (Å²) in [6, 6.07) is 14.5. The Balaban J connectivity index is 0.00000324. The van der Waals surface area contributed by atoms with E-state index in [4.69, 9.17) is 33.5 Å². The molecule has 1 amide bonds. The van der Waals surface area contributed by atoms with Crippen LogP contribution in [-0.4, -0.2) is 11.1 Å². The van der Waals surface area contributed by atoms with Gasteiger partial charge in [0.05, 0.1) is 16.6 Å². The lowest BCUT2D eigenvalue weighted by Crippen LogP contribution is -3.00. The molecule has 2 heterocycles. The van der Waals surface area contributed by atoms with Gasteiger partial charge in [-0.25, -0.2) is 9.37 Å². The van der Waals surface area contributed by atoms with Gasteiger partial charge in [-0.2, -0.15) is 0 Å². The van der Waals surface area contributed by atoms with Crippen LogP contribution in [0, 0.1) is 12.7 Å². The van der Waals surface area contributed by atoms with Gasteiger partial charge in [0.1, 0.15) is 28.5 Å². The number of halogens is 4. The van der Waals surface area contributed by atoms with E-state index in [2.05, 4.69) is 20.8 Å². The Morgan fingerprint density at radius 3 is 2.44 bits per heavy atom. The van der Waals surface area contributed by atoms with Crippen LogP contribution in [0.4, 0.5) is 21.7 Å². The zero-order chi connectivity index (χ0) is 23.5. The Bertz CT molecular complexity index is 1310. The minimum Gasteiger partial charge on any atom is -1.00 e. The predicted octanol–water partition coefficient (Wildman–Crippen LogP) is 2.36. The molecule has 0 spiro atoms. The third-order valence-corrected chi connectivity index (χ3v) is 5.54. The number of anilines is 3. The fourth-order valence-corrected chi connectivity index (χ4v) is 3.82. The highest BCUT2D eigenvalue weighted by Gasteiger charge is 2.25. The fraction of sp³-hybridized carbons (Fsp3) is 0.0870. The summed E-state index contributed by atoms with van der Waals surface area (Å²) in [5.74, 6) is 0.390. The first-order valence-electron chi connectivity index (χ1n) is 9.85. The fourth-order valence-electron chi connectivity index (χ4n) is 3.24. The molecule has 0 aliphatic heterocycles. The van der Waals surface area contributed by atoms with Gasteiger partial charge in [0.2, 0.25) is 11.6 Å². The average molecular weight is 523 g/mol.